The SMILES string of the molecule is CC(C)(C)c1ccc(C[C@H](NC=O)C(=O)O)cc1. The highest BCUT2D eigenvalue weighted by molar-refractivity contribution is 5.76. The van der Waals surface area contributed by atoms with E-state index < -0.39 is 12.0 Å². The number of amides is 1. The second kappa shape index (κ2) is 5.67. The summed E-state index contributed by atoms with van der Waals surface area (Å²) < 4.78 is 0. The number of benzene rings is 1. The Balaban J connectivity index is 2.79. The van der Waals surface area contributed by atoms with Gasteiger partial charge < -0.3 is 10.4 Å². The van der Waals surface area contributed by atoms with Gasteiger partial charge in [0.15, 0.2) is 0 Å². The largest absolute Gasteiger partial charge is 0.480 e. The van der Waals surface area contributed by atoms with Crippen molar-refractivity contribution in [1.29, 1.82) is 0 Å². The molecule has 18 heavy (non-hydrogen) atoms. The highest BCUT2D eigenvalue weighted by Crippen LogP contribution is 2.22. The lowest BCUT2D eigenvalue weighted by Crippen LogP contribution is -2.37. The summed E-state index contributed by atoms with van der Waals surface area (Å²) in [6.07, 6.45) is 0.709. The number of carbonyl (C=O) groups is 2. The van der Waals surface area contributed by atoms with Crippen LogP contribution in [0, 0.1) is 0 Å². The Morgan fingerprint density at radius 3 is 2.28 bits per heavy atom. The zero-order valence-electron chi connectivity index (χ0n) is 10.9. The van der Waals surface area contributed by atoms with E-state index in [0.29, 0.717) is 12.8 Å². The Morgan fingerprint density at radius 1 is 1.33 bits per heavy atom. The average Bonchev–Trinajstić information content (AvgIpc) is 2.28. The predicted octanol–water partition coefficient (Wildman–Crippen LogP) is 1.73. The first kappa shape index (κ1) is 14.2. The van der Waals surface area contributed by atoms with Gasteiger partial charge in [-0.05, 0) is 16.5 Å². The van der Waals surface area contributed by atoms with Crippen LogP contribution in [0.15, 0.2) is 24.3 Å². The summed E-state index contributed by atoms with van der Waals surface area (Å²) >= 11 is 0. The van der Waals surface area contributed by atoms with E-state index in [2.05, 4.69) is 26.1 Å². The fraction of sp³-hybridized carbons (Fsp3) is 0.429. The third-order valence-corrected chi connectivity index (χ3v) is 2.83. The van der Waals surface area contributed by atoms with Crippen molar-refractivity contribution in [3.05, 3.63) is 35.4 Å². The van der Waals surface area contributed by atoms with Crippen molar-refractivity contribution < 1.29 is 14.7 Å². The Morgan fingerprint density at radius 2 is 1.89 bits per heavy atom. The van der Waals surface area contributed by atoms with Gasteiger partial charge in [0, 0.05) is 6.42 Å². The molecule has 0 aliphatic rings. The van der Waals surface area contributed by atoms with Gasteiger partial charge in [0.25, 0.3) is 0 Å². The number of carbonyl (C=O) groups excluding carboxylic acids is 1. The molecule has 2 N–H and O–H groups in total. The molecular weight excluding hydrogens is 230 g/mol. The van der Waals surface area contributed by atoms with Gasteiger partial charge in [-0.1, -0.05) is 45.0 Å². The molecule has 0 spiro atoms. The van der Waals surface area contributed by atoms with Crippen molar-refractivity contribution >= 4 is 12.4 Å². The standard InChI is InChI=1S/C14H19NO3/c1-14(2,3)11-6-4-10(5-7-11)8-12(13(17)18)15-9-16/h4-7,9,12H,8H2,1-3H3,(H,15,16)(H,17,18)/t12-/m0/s1. The van der Waals surface area contributed by atoms with E-state index in [1.165, 1.54) is 5.56 Å². The number of nitrogens with one attached hydrogen (secondary N) is 1. The Kier molecular flexibility index (Phi) is 4.48. The molecule has 0 heterocycles. The second-order valence-corrected chi connectivity index (χ2v) is 5.33. The molecule has 0 aromatic heterocycles. The maximum absolute atomic E-state index is 10.9. The van der Waals surface area contributed by atoms with E-state index >= 15 is 0 Å². The smallest absolute Gasteiger partial charge is 0.326 e. The number of carboxylic acids is 1. The summed E-state index contributed by atoms with van der Waals surface area (Å²) in [6, 6.07) is 6.93. The Bertz CT molecular complexity index is 418. The molecule has 0 saturated carbocycles. The number of rotatable bonds is 5. The first-order valence-electron chi connectivity index (χ1n) is 5.86. The van der Waals surface area contributed by atoms with E-state index in [9.17, 15) is 9.59 Å². The van der Waals surface area contributed by atoms with E-state index in [4.69, 9.17) is 5.11 Å². The van der Waals surface area contributed by atoms with Crippen molar-refractivity contribution in [3.8, 4) is 0 Å². The van der Waals surface area contributed by atoms with Gasteiger partial charge in [-0.2, -0.15) is 0 Å². The summed E-state index contributed by atoms with van der Waals surface area (Å²) in [4.78, 5) is 21.2. The molecule has 4 nitrogen and oxygen atoms in total. The zero-order valence-corrected chi connectivity index (χ0v) is 10.9. The van der Waals surface area contributed by atoms with Crippen LogP contribution in [0.2, 0.25) is 0 Å². The molecule has 98 valence electrons. The van der Waals surface area contributed by atoms with E-state index in [1.807, 2.05) is 24.3 Å². The fourth-order valence-electron chi connectivity index (χ4n) is 1.68. The lowest BCUT2D eigenvalue weighted by Gasteiger charge is -2.19. The summed E-state index contributed by atoms with van der Waals surface area (Å²) in [5.74, 6) is -1.03. The molecule has 0 fully saturated rings. The van der Waals surface area contributed by atoms with Crippen LogP contribution in [0.5, 0.6) is 0 Å². The van der Waals surface area contributed by atoms with Gasteiger partial charge in [0.05, 0.1) is 0 Å². The molecule has 0 unspecified atom stereocenters. The monoisotopic (exact) mass is 249 g/mol. The van der Waals surface area contributed by atoms with Crippen molar-refractivity contribution in [2.75, 3.05) is 0 Å². The third kappa shape index (κ3) is 3.87. The lowest BCUT2D eigenvalue weighted by molar-refractivity contribution is -0.140. The van der Waals surface area contributed by atoms with Crippen LogP contribution in [0.3, 0.4) is 0 Å². The molecule has 0 saturated heterocycles. The number of hydrogen-bond acceptors (Lipinski definition) is 2. The van der Waals surface area contributed by atoms with Crippen LogP contribution in [-0.4, -0.2) is 23.5 Å². The summed E-state index contributed by atoms with van der Waals surface area (Å²) in [5, 5.41) is 11.2. The quantitative estimate of drug-likeness (QED) is 0.781. The second-order valence-electron chi connectivity index (χ2n) is 5.33. The van der Waals surface area contributed by atoms with E-state index in [1.54, 1.807) is 0 Å². The highest BCUT2D eigenvalue weighted by Gasteiger charge is 2.17. The summed E-state index contributed by atoms with van der Waals surface area (Å²) in [5.41, 5.74) is 2.16. The lowest BCUT2D eigenvalue weighted by atomic mass is 9.86. The minimum atomic E-state index is -1.03. The summed E-state index contributed by atoms with van der Waals surface area (Å²) in [6.45, 7) is 6.36. The molecule has 1 aromatic carbocycles. The van der Waals surface area contributed by atoms with Crippen molar-refractivity contribution in [2.45, 2.75) is 38.6 Å². The topological polar surface area (TPSA) is 66.4 Å². The minimum absolute atomic E-state index is 0.0752. The van der Waals surface area contributed by atoms with Gasteiger partial charge in [-0.15, -0.1) is 0 Å². The van der Waals surface area contributed by atoms with Gasteiger partial charge in [-0.25, -0.2) is 4.79 Å². The fourth-order valence-corrected chi connectivity index (χ4v) is 1.68. The first-order chi connectivity index (χ1) is 8.34. The number of carboxylic acid groups (broad SMARTS) is 1. The van der Waals surface area contributed by atoms with Crippen LogP contribution < -0.4 is 5.32 Å². The van der Waals surface area contributed by atoms with Gasteiger partial charge in [-0.3, -0.25) is 4.79 Å². The molecule has 1 amide bonds. The van der Waals surface area contributed by atoms with Crippen molar-refractivity contribution in [1.82, 2.24) is 5.32 Å². The normalized spacial score (nSPS) is 12.8. The van der Waals surface area contributed by atoms with Crippen LogP contribution in [0.4, 0.5) is 0 Å². The van der Waals surface area contributed by atoms with Crippen molar-refractivity contribution in [3.63, 3.8) is 0 Å². The molecule has 1 atom stereocenters. The van der Waals surface area contributed by atoms with E-state index in [0.717, 1.165) is 5.56 Å². The van der Waals surface area contributed by atoms with Crippen LogP contribution in [0.1, 0.15) is 31.9 Å². The molecule has 1 aromatic rings. The van der Waals surface area contributed by atoms with Gasteiger partial charge >= 0.3 is 5.97 Å². The maximum atomic E-state index is 10.9. The first-order valence-corrected chi connectivity index (χ1v) is 5.86. The van der Waals surface area contributed by atoms with Crippen LogP contribution in [0.25, 0.3) is 0 Å². The maximum Gasteiger partial charge on any atom is 0.326 e. The van der Waals surface area contributed by atoms with Crippen molar-refractivity contribution in [2.24, 2.45) is 0 Å². The third-order valence-electron chi connectivity index (χ3n) is 2.83. The molecule has 0 bridgehead atoms. The number of aliphatic carboxylic acids is 1. The molecule has 0 aliphatic heterocycles. The Hall–Kier alpha value is -1.84. The van der Waals surface area contributed by atoms with E-state index in [-0.39, 0.29) is 5.41 Å². The molecule has 4 heteroatoms. The van der Waals surface area contributed by atoms with Gasteiger partial charge in [0.2, 0.25) is 6.41 Å². The summed E-state index contributed by atoms with van der Waals surface area (Å²) in [7, 11) is 0. The molecular formula is C14H19NO3. The van der Waals surface area contributed by atoms with Gasteiger partial charge in [0.1, 0.15) is 6.04 Å². The van der Waals surface area contributed by atoms with Crippen LogP contribution >= 0.6 is 0 Å². The molecule has 0 radical (unpaired) electrons. The number of hydrogen-bond donors (Lipinski definition) is 2. The Labute approximate surface area is 107 Å². The zero-order chi connectivity index (χ0) is 13.8. The predicted molar refractivity (Wildman–Crippen MR) is 69.5 cm³/mol. The average molecular weight is 249 g/mol. The molecule has 0 aliphatic carbocycles. The highest BCUT2D eigenvalue weighted by atomic mass is 16.4. The molecule has 1 rings (SSSR count). The minimum Gasteiger partial charge on any atom is -0.480 e. The van der Waals surface area contributed by atoms with Crippen LogP contribution in [-0.2, 0) is 21.4 Å².